The van der Waals surface area contributed by atoms with Gasteiger partial charge in [-0.05, 0) is 81.2 Å². The lowest BCUT2D eigenvalue weighted by molar-refractivity contribution is 0.273. The number of allylic oxidation sites excluding steroid dienone is 5. The van der Waals surface area contributed by atoms with Crippen molar-refractivity contribution in [3.63, 3.8) is 0 Å². The van der Waals surface area contributed by atoms with Gasteiger partial charge in [-0.15, -0.1) is 0 Å². The van der Waals surface area contributed by atoms with Gasteiger partial charge in [0.25, 0.3) is 0 Å². The third-order valence-corrected chi connectivity index (χ3v) is 6.23. The second kappa shape index (κ2) is 13.7. The van der Waals surface area contributed by atoms with E-state index in [1.807, 2.05) is 69.3 Å². The van der Waals surface area contributed by atoms with Crippen molar-refractivity contribution in [2.24, 2.45) is 5.92 Å². The molecular weight excluding hydrogens is 460 g/mol. The van der Waals surface area contributed by atoms with E-state index in [-0.39, 0.29) is 5.84 Å². The molecule has 6 heteroatoms. The van der Waals surface area contributed by atoms with E-state index in [1.54, 1.807) is 0 Å². The number of amidine groups is 1. The molecule has 0 aliphatic carbocycles. The third kappa shape index (κ3) is 7.72. The highest BCUT2D eigenvalue weighted by atomic mass is 16.5. The van der Waals surface area contributed by atoms with Crippen LogP contribution in [0.15, 0.2) is 60.4 Å². The normalized spacial score (nSPS) is 16.0. The van der Waals surface area contributed by atoms with Gasteiger partial charge in [0.1, 0.15) is 23.0 Å². The Hall–Kier alpha value is -3.54. The maximum absolute atomic E-state index is 8.81. The number of benzene rings is 1. The smallest absolute Gasteiger partial charge is 0.172 e. The van der Waals surface area contributed by atoms with E-state index in [0.29, 0.717) is 18.2 Å². The van der Waals surface area contributed by atoms with Crippen LogP contribution in [0.1, 0.15) is 63.8 Å². The highest BCUT2D eigenvalue weighted by Gasteiger charge is 2.24. The minimum atomic E-state index is 0.265. The lowest BCUT2D eigenvalue weighted by atomic mass is 10.1. The third-order valence-electron chi connectivity index (χ3n) is 6.23. The summed E-state index contributed by atoms with van der Waals surface area (Å²) in [5, 5.41) is 12.1. The molecule has 0 saturated carbocycles. The first-order valence-corrected chi connectivity index (χ1v) is 13.4. The van der Waals surface area contributed by atoms with Crippen molar-refractivity contribution in [2.45, 2.75) is 60.8 Å². The Morgan fingerprint density at radius 3 is 2.73 bits per heavy atom. The van der Waals surface area contributed by atoms with Crippen molar-refractivity contribution in [1.82, 2.24) is 4.98 Å². The van der Waals surface area contributed by atoms with Gasteiger partial charge in [-0.1, -0.05) is 45.4 Å². The summed E-state index contributed by atoms with van der Waals surface area (Å²) in [5.41, 5.74) is 3.36. The van der Waals surface area contributed by atoms with Crippen LogP contribution in [0.4, 0.5) is 11.5 Å². The molecule has 3 rings (SSSR count). The minimum absolute atomic E-state index is 0.265. The van der Waals surface area contributed by atoms with Crippen molar-refractivity contribution >= 4 is 17.3 Å². The molecule has 0 radical (unpaired) electrons. The van der Waals surface area contributed by atoms with Crippen molar-refractivity contribution in [2.75, 3.05) is 29.9 Å². The molecule has 1 aromatic heterocycles. The van der Waals surface area contributed by atoms with E-state index in [0.717, 1.165) is 72.2 Å². The first kappa shape index (κ1) is 28.0. The van der Waals surface area contributed by atoms with E-state index in [4.69, 9.17) is 19.9 Å². The van der Waals surface area contributed by atoms with Crippen LogP contribution in [0.25, 0.3) is 0 Å². The zero-order valence-electron chi connectivity index (χ0n) is 23.2. The summed E-state index contributed by atoms with van der Waals surface area (Å²) in [7, 11) is 0. The molecule has 1 atom stereocenters. The molecule has 2 N–H and O–H groups in total. The number of nitrogens with zero attached hydrogens (tertiary/aromatic N) is 2. The molecule has 2 aromatic rings. The average Bonchev–Trinajstić information content (AvgIpc) is 3.03. The van der Waals surface area contributed by atoms with Crippen molar-refractivity contribution in [1.29, 1.82) is 5.41 Å². The number of hydrogen-bond acceptors (Lipinski definition) is 5. The Morgan fingerprint density at radius 1 is 1.22 bits per heavy atom. The van der Waals surface area contributed by atoms with Crippen LogP contribution in [0.2, 0.25) is 0 Å². The van der Waals surface area contributed by atoms with E-state index in [9.17, 15) is 0 Å². The minimum Gasteiger partial charge on any atom is -0.489 e. The number of hydrogen-bond donors (Lipinski definition) is 2. The Morgan fingerprint density at radius 2 is 2.03 bits per heavy atom. The topological polar surface area (TPSA) is 70.5 Å². The Labute approximate surface area is 222 Å². The van der Waals surface area contributed by atoms with Crippen LogP contribution in [0.5, 0.6) is 11.5 Å². The molecule has 0 saturated heterocycles. The Balaban J connectivity index is 1.78. The SMILES string of the molecule is C\C=C(/C=C\C=C\CC)Oc1ccc(NC(=N)c2nc3c(cc2C)OCC(C)CN3CCCC)cc1C. The molecule has 1 aliphatic heterocycles. The molecule has 1 aliphatic rings. The number of ether oxygens (including phenoxy) is 2. The first-order valence-electron chi connectivity index (χ1n) is 13.4. The predicted octanol–water partition coefficient (Wildman–Crippen LogP) is 7.58. The fourth-order valence-electron chi connectivity index (χ4n) is 4.18. The van der Waals surface area contributed by atoms with Gasteiger partial charge in [0.15, 0.2) is 11.6 Å². The van der Waals surface area contributed by atoms with Crippen molar-refractivity contribution in [3.8, 4) is 11.5 Å². The van der Waals surface area contributed by atoms with Gasteiger partial charge >= 0.3 is 0 Å². The number of aromatic nitrogens is 1. The highest BCUT2D eigenvalue weighted by molar-refractivity contribution is 6.06. The molecule has 0 fully saturated rings. The molecule has 0 bridgehead atoms. The summed E-state index contributed by atoms with van der Waals surface area (Å²) < 4.78 is 12.2. The van der Waals surface area contributed by atoms with Gasteiger partial charge in [-0.2, -0.15) is 0 Å². The first-order chi connectivity index (χ1) is 17.9. The predicted molar refractivity (Wildman–Crippen MR) is 155 cm³/mol. The monoisotopic (exact) mass is 502 g/mol. The van der Waals surface area contributed by atoms with Crippen LogP contribution < -0.4 is 19.7 Å². The summed E-state index contributed by atoms with van der Waals surface area (Å²) in [6, 6.07) is 7.88. The van der Waals surface area contributed by atoms with Gasteiger partial charge in [0, 0.05) is 24.7 Å². The number of rotatable bonds is 10. The number of aryl methyl sites for hydroxylation is 2. The van der Waals surface area contributed by atoms with Crippen LogP contribution in [0, 0.1) is 25.2 Å². The van der Waals surface area contributed by atoms with E-state index < -0.39 is 0 Å². The molecular formula is C31H42N4O2. The standard InChI is InChI=1S/C31H42N4O2/c1-7-10-12-13-14-26(9-3)37-27-16-15-25(18-23(27)5)33-30(32)29-24(6)19-28-31(34-29)35(17-11-8-2)20-22(4)21-36-28/h9-10,12-16,18-19,22H,7-8,11,17,20-21H2,1-6H3,(H2,32,33)/b12-10+,14-13-,26-9+. The Bertz CT molecular complexity index is 1170. The molecule has 1 unspecified atom stereocenters. The highest BCUT2D eigenvalue weighted by Crippen LogP contribution is 2.33. The van der Waals surface area contributed by atoms with Gasteiger partial charge in [-0.25, -0.2) is 4.98 Å². The fraction of sp³-hybridized carbons (Fsp3) is 0.419. The molecule has 2 heterocycles. The molecule has 1 aromatic carbocycles. The maximum Gasteiger partial charge on any atom is 0.172 e. The molecule has 6 nitrogen and oxygen atoms in total. The number of pyridine rings is 1. The lowest BCUT2D eigenvalue weighted by Gasteiger charge is -2.25. The summed E-state index contributed by atoms with van der Waals surface area (Å²) in [4.78, 5) is 7.25. The fourth-order valence-corrected chi connectivity index (χ4v) is 4.18. The van der Waals surface area contributed by atoms with Crippen LogP contribution in [-0.2, 0) is 0 Å². The van der Waals surface area contributed by atoms with Crippen LogP contribution in [-0.4, -0.2) is 30.5 Å². The van der Waals surface area contributed by atoms with Crippen LogP contribution >= 0.6 is 0 Å². The van der Waals surface area contributed by atoms with Gasteiger partial charge in [0.2, 0.25) is 0 Å². The van der Waals surface area contributed by atoms with Gasteiger partial charge in [-0.3, -0.25) is 5.41 Å². The molecule has 198 valence electrons. The zero-order chi connectivity index (χ0) is 26.8. The Kier molecular flexibility index (Phi) is 10.4. The van der Waals surface area contributed by atoms with E-state index in [1.165, 1.54) is 0 Å². The number of unbranched alkanes of at least 4 members (excludes halogenated alkanes) is 1. The van der Waals surface area contributed by atoms with E-state index >= 15 is 0 Å². The molecule has 0 amide bonds. The second-order valence-electron chi connectivity index (χ2n) is 9.66. The largest absolute Gasteiger partial charge is 0.489 e. The van der Waals surface area contributed by atoms with E-state index in [2.05, 4.69) is 37.1 Å². The summed E-state index contributed by atoms with van der Waals surface area (Å²) >= 11 is 0. The number of nitrogens with one attached hydrogen (secondary N) is 2. The molecule has 0 spiro atoms. The van der Waals surface area contributed by atoms with Crippen LogP contribution in [0.3, 0.4) is 0 Å². The summed E-state index contributed by atoms with van der Waals surface area (Å²) in [6.45, 7) is 15.0. The number of fused-ring (bicyclic) bond motifs is 1. The quantitative estimate of drug-likeness (QED) is 0.152. The second-order valence-corrected chi connectivity index (χ2v) is 9.66. The lowest BCUT2D eigenvalue weighted by Crippen LogP contribution is -2.30. The van der Waals surface area contributed by atoms with Gasteiger partial charge in [0.05, 0.1) is 6.61 Å². The van der Waals surface area contributed by atoms with Crippen molar-refractivity contribution in [3.05, 3.63) is 77.2 Å². The maximum atomic E-state index is 8.81. The molecule has 37 heavy (non-hydrogen) atoms. The van der Waals surface area contributed by atoms with Crippen molar-refractivity contribution < 1.29 is 9.47 Å². The van der Waals surface area contributed by atoms with Gasteiger partial charge < -0.3 is 19.7 Å². The summed E-state index contributed by atoms with van der Waals surface area (Å²) in [5.74, 6) is 3.90. The number of anilines is 2. The summed E-state index contributed by atoms with van der Waals surface area (Å²) in [6.07, 6.45) is 13.2. The zero-order valence-corrected chi connectivity index (χ0v) is 23.2. The average molecular weight is 503 g/mol.